The fourth-order valence-corrected chi connectivity index (χ4v) is 4.81. The Kier molecular flexibility index (Phi) is 5.46. The second kappa shape index (κ2) is 8.45. The molecule has 1 amide bonds. The van der Waals surface area contributed by atoms with Crippen LogP contribution in [0.2, 0.25) is 0 Å². The summed E-state index contributed by atoms with van der Waals surface area (Å²) in [4.78, 5) is 20.9. The Bertz CT molecular complexity index is 1340. The van der Waals surface area contributed by atoms with Gasteiger partial charge >= 0.3 is 0 Å². The standard InChI is InChI=1S/C27H24N2O3S/c1-16-5-7-18(3)21(11-16)28-27-29(22-12-17(2)6-8-19(22)4)26(30)25(33-27)14-20-9-10-23-24(13-20)32-15-31-23/h5-14H,15H2,1-4H3/b25-14-,28-27?. The predicted molar refractivity (Wildman–Crippen MR) is 135 cm³/mol. The van der Waals surface area contributed by atoms with Crippen molar-refractivity contribution < 1.29 is 14.3 Å². The van der Waals surface area contributed by atoms with Gasteiger partial charge in [0, 0.05) is 0 Å². The first kappa shape index (κ1) is 21.3. The smallest absolute Gasteiger partial charge is 0.271 e. The molecule has 0 unspecified atom stereocenters. The summed E-state index contributed by atoms with van der Waals surface area (Å²) in [5.41, 5.74) is 6.90. The number of amides is 1. The fourth-order valence-electron chi connectivity index (χ4n) is 3.82. The summed E-state index contributed by atoms with van der Waals surface area (Å²) in [7, 11) is 0. The quantitative estimate of drug-likeness (QED) is 0.425. The number of ether oxygens (including phenoxy) is 2. The summed E-state index contributed by atoms with van der Waals surface area (Å²) in [5, 5.41) is 0.648. The van der Waals surface area contributed by atoms with Gasteiger partial charge in [0.25, 0.3) is 5.91 Å². The Morgan fingerprint density at radius 3 is 2.42 bits per heavy atom. The Labute approximate surface area is 197 Å². The molecule has 0 aromatic heterocycles. The molecule has 3 aromatic carbocycles. The molecule has 0 bridgehead atoms. The second-order valence-electron chi connectivity index (χ2n) is 8.34. The molecule has 0 aliphatic carbocycles. The number of rotatable bonds is 3. The Balaban J connectivity index is 1.61. The lowest BCUT2D eigenvalue weighted by Crippen LogP contribution is -2.29. The minimum Gasteiger partial charge on any atom is -0.454 e. The first-order chi connectivity index (χ1) is 15.9. The highest BCUT2D eigenvalue weighted by molar-refractivity contribution is 8.19. The van der Waals surface area contributed by atoms with Gasteiger partial charge in [-0.25, -0.2) is 4.99 Å². The third-order valence-corrected chi connectivity index (χ3v) is 6.66. The van der Waals surface area contributed by atoms with Gasteiger partial charge in [-0.3, -0.25) is 9.69 Å². The molecule has 6 heteroatoms. The predicted octanol–water partition coefficient (Wildman–Crippen LogP) is 6.46. The molecule has 0 N–H and O–H groups in total. The summed E-state index contributed by atoms with van der Waals surface area (Å²) in [5.74, 6) is 1.32. The number of thioether (sulfide) groups is 1. The van der Waals surface area contributed by atoms with Crippen LogP contribution in [0.5, 0.6) is 11.5 Å². The van der Waals surface area contributed by atoms with Crippen LogP contribution in [-0.4, -0.2) is 17.9 Å². The van der Waals surface area contributed by atoms with Gasteiger partial charge in [0.1, 0.15) is 0 Å². The average molecular weight is 457 g/mol. The van der Waals surface area contributed by atoms with Gasteiger partial charge in [-0.05, 0) is 97.6 Å². The lowest BCUT2D eigenvalue weighted by atomic mass is 10.1. The van der Waals surface area contributed by atoms with E-state index in [4.69, 9.17) is 14.5 Å². The molecule has 2 aliphatic heterocycles. The monoisotopic (exact) mass is 456 g/mol. The van der Waals surface area contributed by atoms with E-state index in [0.29, 0.717) is 15.8 Å². The van der Waals surface area contributed by atoms with Crippen LogP contribution in [0.15, 0.2) is 64.5 Å². The van der Waals surface area contributed by atoms with E-state index in [1.54, 1.807) is 4.90 Å². The molecule has 1 saturated heterocycles. The Morgan fingerprint density at radius 1 is 0.879 bits per heavy atom. The van der Waals surface area contributed by atoms with E-state index in [1.807, 2.05) is 70.2 Å². The zero-order chi connectivity index (χ0) is 23.1. The molecule has 0 saturated carbocycles. The first-order valence-corrected chi connectivity index (χ1v) is 11.6. The van der Waals surface area contributed by atoms with Crippen molar-refractivity contribution in [2.75, 3.05) is 11.7 Å². The van der Waals surface area contributed by atoms with Gasteiger partial charge in [-0.15, -0.1) is 0 Å². The molecule has 2 aliphatic rings. The number of aryl methyl sites for hydroxylation is 4. The van der Waals surface area contributed by atoms with Crippen molar-refractivity contribution in [3.05, 3.63) is 87.3 Å². The van der Waals surface area contributed by atoms with Crippen LogP contribution in [-0.2, 0) is 4.79 Å². The summed E-state index contributed by atoms with van der Waals surface area (Å²) < 4.78 is 10.9. The molecule has 166 valence electrons. The highest BCUT2D eigenvalue weighted by Gasteiger charge is 2.35. The number of benzene rings is 3. The summed E-state index contributed by atoms with van der Waals surface area (Å²) in [6.45, 7) is 8.34. The number of hydrogen-bond donors (Lipinski definition) is 0. The van der Waals surface area contributed by atoms with Gasteiger partial charge in [-0.1, -0.05) is 30.3 Å². The Hall–Kier alpha value is -3.51. The maximum absolute atomic E-state index is 13.7. The topological polar surface area (TPSA) is 51.1 Å². The third kappa shape index (κ3) is 4.14. The molecular formula is C27H24N2O3S. The van der Waals surface area contributed by atoms with Crippen molar-refractivity contribution in [1.82, 2.24) is 0 Å². The molecular weight excluding hydrogens is 432 g/mol. The highest BCUT2D eigenvalue weighted by Crippen LogP contribution is 2.40. The van der Waals surface area contributed by atoms with E-state index >= 15 is 0 Å². The summed E-state index contributed by atoms with van der Waals surface area (Å²) in [6.07, 6.45) is 1.89. The molecule has 5 nitrogen and oxygen atoms in total. The maximum atomic E-state index is 13.7. The fraction of sp³-hybridized carbons (Fsp3) is 0.185. The lowest BCUT2D eigenvalue weighted by Gasteiger charge is -2.19. The SMILES string of the molecule is Cc1ccc(C)c(N=C2S/C(=C\c3ccc4c(c3)OCO4)C(=O)N2c2cc(C)ccc2C)c1. The summed E-state index contributed by atoms with van der Waals surface area (Å²) in [6, 6.07) is 18.0. The van der Waals surface area contributed by atoms with E-state index in [9.17, 15) is 4.79 Å². The van der Waals surface area contributed by atoms with E-state index in [2.05, 4.69) is 18.2 Å². The molecule has 0 atom stereocenters. The molecule has 5 rings (SSSR count). The van der Waals surface area contributed by atoms with Crippen molar-refractivity contribution >= 4 is 40.3 Å². The molecule has 3 aromatic rings. The maximum Gasteiger partial charge on any atom is 0.271 e. The first-order valence-electron chi connectivity index (χ1n) is 10.8. The zero-order valence-corrected chi connectivity index (χ0v) is 19.8. The number of amidine groups is 1. The number of fused-ring (bicyclic) bond motifs is 1. The van der Waals surface area contributed by atoms with Gasteiger partial charge in [0.05, 0.1) is 16.3 Å². The van der Waals surface area contributed by atoms with Crippen LogP contribution in [0.25, 0.3) is 6.08 Å². The highest BCUT2D eigenvalue weighted by atomic mass is 32.2. The third-order valence-electron chi connectivity index (χ3n) is 5.69. The largest absolute Gasteiger partial charge is 0.454 e. The van der Waals surface area contributed by atoms with Crippen molar-refractivity contribution in [3.63, 3.8) is 0 Å². The minimum absolute atomic E-state index is 0.0876. The van der Waals surface area contributed by atoms with Crippen LogP contribution in [0.3, 0.4) is 0 Å². The number of anilines is 1. The number of nitrogens with zero attached hydrogens (tertiary/aromatic N) is 2. The van der Waals surface area contributed by atoms with E-state index < -0.39 is 0 Å². The zero-order valence-electron chi connectivity index (χ0n) is 19.0. The van der Waals surface area contributed by atoms with Gasteiger partial charge in [0.2, 0.25) is 6.79 Å². The summed E-state index contributed by atoms with van der Waals surface area (Å²) >= 11 is 1.39. The van der Waals surface area contributed by atoms with Gasteiger partial charge < -0.3 is 9.47 Å². The molecule has 2 heterocycles. The Morgan fingerprint density at radius 2 is 1.61 bits per heavy atom. The van der Waals surface area contributed by atoms with Crippen molar-refractivity contribution in [1.29, 1.82) is 0 Å². The van der Waals surface area contributed by atoms with Crippen molar-refractivity contribution in [2.45, 2.75) is 27.7 Å². The molecule has 33 heavy (non-hydrogen) atoms. The minimum atomic E-state index is -0.0876. The van der Waals surface area contributed by atoms with Crippen LogP contribution in [0.1, 0.15) is 27.8 Å². The van der Waals surface area contributed by atoms with E-state index in [0.717, 1.165) is 44.9 Å². The lowest BCUT2D eigenvalue weighted by molar-refractivity contribution is -0.113. The van der Waals surface area contributed by atoms with Crippen LogP contribution in [0.4, 0.5) is 11.4 Å². The number of carbonyl (C=O) groups is 1. The van der Waals surface area contributed by atoms with E-state index in [-0.39, 0.29) is 12.7 Å². The normalized spacial score (nSPS) is 17.5. The molecule has 1 fully saturated rings. The van der Waals surface area contributed by atoms with Gasteiger partial charge in [-0.2, -0.15) is 0 Å². The van der Waals surface area contributed by atoms with E-state index in [1.165, 1.54) is 11.8 Å². The average Bonchev–Trinajstić information content (AvgIpc) is 3.37. The molecule has 0 spiro atoms. The van der Waals surface area contributed by atoms with Crippen molar-refractivity contribution in [2.24, 2.45) is 4.99 Å². The van der Waals surface area contributed by atoms with Crippen molar-refractivity contribution in [3.8, 4) is 11.5 Å². The van der Waals surface area contributed by atoms with Crippen LogP contribution >= 0.6 is 11.8 Å². The van der Waals surface area contributed by atoms with Crippen LogP contribution < -0.4 is 14.4 Å². The molecule has 0 radical (unpaired) electrons. The van der Waals surface area contributed by atoms with Gasteiger partial charge in [0.15, 0.2) is 16.7 Å². The number of aliphatic imine (C=N–C) groups is 1. The number of hydrogen-bond acceptors (Lipinski definition) is 5. The number of carbonyl (C=O) groups excluding carboxylic acids is 1. The second-order valence-corrected chi connectivity index (χ2v) is 9.35. The van der Waals surface area contributed by atoms with Crippen LogP contribution in [0, 0.1) is 27.7 Å².